The lowest BCUT2D eigenvalue weighted by Crippen LogP contribution is -2.62. The molecule has 4 N–H and O–H groups in total. The summed E-state index contributed by atoms with van der Waals surface area (Å²) in [6.07, 6.45) is 0. The fraction of sp³-hybridized carbons (Fsp3) is 0.250. The van der Waals surface area contributed by atoms with Gasteiger partial charge in [-0.15, -0.1) is 0 Å². The smallest absolute Gasteiger partial charge is 0.235 e. The number of carbonyl (C=O) groups excluding carboxylic acids is 2. The van der Waals surface area contributed by atoms with E-state index in [4.69, 9.17) is 5.73 Å². The monoisotopic (exact) mass is 349 g/mol. The summed E-state index contributed by atoms with van der Waals surface area (Å²) in [5.74, 6) is -4.73. The van der Waals surface area contributed by atoms with Gasteiger partial charge in [0.15, 0.2) is 5.72 Å². The molecular weight excluding hydrogens is 330 g/mol. The molecule has 1 aliphatic rings. The zero-order valence-electron chi connectivity index (χ0n) is 14.2. The number of nitrogens with zero attached hydrogens (tertiary/aromatic N) is 1. The Kier molecular flexibility index (Phi) is 4.49. The van der Waals surface area contributed by atoms with Gasteiger partial charge in [-0.25, -0.2) is 0 Å². The van der Waals surface area contributed by atoms with Gasteiger partial charge in [0.2, 0.25) is 11.8 Å². The van der Waals surface area contributed by atoms with Crippen molar-refractivity contribution in [3.05, 3.63) is 71.3 Å². The van der Waals surface area contributed by atoms with Crippen LogP contribution in [0, 0.1) is 30.1 Å². The molecule has 26 heavy (non-hydrogen) atoms. The number of nitrogens with one attached hydrogen (secondary N) is 1. The molecule has 2 amide bonds. The number of primary amides is 1. The van der Waals surface area contributed by atoms with E-state index >= 15 is 0 Å². The van der Waals surface area contributed by atoms with Crippen LogP contribution in [-0.2, 0) is 15.3 Å². The number of rotatable bonds is 3. The van der Waals surface area contributed by atoms with Gasteiger partial charge in [0, 0.05) is 11.5 Å². The molecule has 1 heterocycles. The minimum atomic E-state index is -1.92. The van der Waals surface area contributed by atoms with Crippen LogP contribution in [0.4, 0.5) is 0 Å². The maximum absolute atomic E-state index is 12.7. The van der Waals surface area contributed by atoms with Crippen molar-refractivity contribution in [2.75, 3.05) is 0 Å². The van der Waals surface area contributed by atoms with Crippen LogP contribution in [-0.4, -0.2) is 16.9 Å². The zero-order valence-corrected chi connectivity index (χ0v) is 14.2. The molecule has 6 heteroatoms. The van der Waals surface area contributed by atoms with E-state index in [0.29, 0.717) is 11.1 Å². The maximum Gasteiger partial charge on any atom is 0.235 e. The summed E-state index contributed by atoms with van der Waals surface area (Å²) in [7, 11) is 0. The molecule has 132 valence electrons. The number of benzene rings is 2. The third-order valence-corrected chi connectivity index (χ3v) is 4.89. The van der Waals surface area contributed by atoms with Gasteiger partial charge in [-0.1, -0.05) is 60.2 Å². The first-order valence-corrected chi connectivity index (χ1v) is 8.24. The molecule has 1 aliphatic heterocycles. The van der Waals surface area contributed by atoms with E-state index in [1.165, 1.54) is 0 Å². The first kappa shape index (κ1) is 17.6. The first-order chi connectivity index (χ1) is 12.4. The Morgan fingerprint density at radius 2 is 1.81 bits per heavy atom. The van der Waals surface area contributed by atoms with Gasteiger partial charge >= 0.3 is 0 Å². The van der Waals surface area contributed by atoms with E-state index in [-0.39, 0.29) is 0 Å². The second-order valence-electron chi connectivity index (χ2n) is 6.54. The van der Waals surface area contributed by atoms with Crippen LogP contribution in [0.15, 0.2) is 54.6 Å². The van der Waals surface area contributed by atoms with Crippen molar-refractivity contribution in [2.45, 2.75) is 18.6 Å². The maximum atomic E-state index is 12.7. The Balaban J connectivity index is 2.18. The van der Waals surface area contributed by atoms with Crippen molar-refractivity contribution < 1.29 is 14.7 Å². The molecule has 3 rings (SSSR count). The summed E-state index contributed by atoms with van der Waals surface area (Å²) in [5, 5.41) is 23.5. The third kappa shape index (κ3) is 2.83. The molecule has 0 radical (unpaired) electrons. The summed E-state index contributed by atoms with van der Waals surface area (Å²) in [4.78, 5) is 24.7. The molecule has 0 spiro atoms. The number of carbonyl (C=O) groups is 2. The van der Waals surface area contributed by atoms with Crippen molar-refractivity contribution in [1.82, 2.24) is 5.32 Å². The molecular formula is C20H19N3O3. The quantitative estimate of drug-likeness (QED) is 0.724. The van der Waals surface area contributed by atoms with Gasteiger partial charge in [-0.2, -0.15) is 5.26 Å². The van der Waals surface area contributed by atoms with Crippen LogP contribution >= 0.6 is 0 Å². The minimum Gasteiger partial charge on any atom is -0.369 e. The first-order valence-electron chi connectivity index (χ1n) is 8.24. The second kappa shape index (κ2) is 6.62. The highest BCUT2D eigenvalue weighted by atomic mass is 16.3. The topological polar surface area (TPSA) is 116 Å². The van der Waals surface area contributed by atoms with Crippen LogP contribution in [0.1, 0.15) is 22.6 Å². The highest BCUT2D eigenvalue weighted by Gasteiger charge is 2.55. The van der Waals surface area contributed by atoms with Gasteiger partial charge < -0.3 is 16.2 Å². The average molecular weight is 349 g/mol. The average Bonchev–Trinajstić information content (AvgIpc) is 2.62. The molecule has 1 saturated heterocycles. The number of nitriles is 1. The van der Waals surface area contributed by atoms with Crippen LogP contribution in [0.5, 0.6) is 0 Å². The molecule has 6 nitrogen and oxygen atoms in total. The zero-order chi connectivity index (χ0) is 18.9. The Morgan fingerprint density at radius 3 is 2.35 bits per heavy atom. The van der Waals surface area contributed by atoms with Crippen LogP contribution in [0.25, 0.3) is 0 Å². The van der Waals surface area contributed by atoms with Gasteiger partial charge in [-0.3, -0.25) is 9.59 Å². The lowest BCUT2D eigenvalue weighted by atomic mass is 9.67. The molecule has 2 aromatic carbocycles. The molecule has 2 aromatic rings. The van der Waals surface area contributed by atoms with E-state index < -0.39 is 35.3 Å². The van der Waals surface area contributed by atoms with Gasteiger partial charge in [-0.05, 0) is 12.5 Å². The summed E-state index contributed by atoms with van der Waals surface area (Å²) < 4.78 is 0. The lowest BCUT2D eigenvalue weighted by Gasteiger charge is -2.44. The number of amides is 2. The Labute approximate surface area is 151 Å². The largest absolute Gasteiger partial charge is 0.369 e. The molecule has 4 atom stereocenters. The van der Waals surface area contributed by atoms with Crippen molar-refractivity contribution >= 4 is 11.8 Å². The number of aliphatic hydroxyl groups is 1. The summed E-state index contributed by atoms with van der Waals surface area (Å²) in [5.41, 5.74) is 5.52. The molecule has 0 bridgehead atoms. The van der Waals surface area contributed by atoms with Gasteiger partial charge in [0.1, 0.15) is 11.8 Å². The van der Waals surface area contributed by atoms with E-state index in [0.717, 1.165) is 5.56 Å². The van der Waals surface area contributed by atoms with Crippen LogP contribution in [0.3, 0.4) is 0 Å². The fourth-order valence-corrected chi connectivity index (χ4v) is 3.56. The van der Waals surface area contributed by atoms with Crippen molar-refractivity contribution in [3.8, 4) is 6.07 Å². The SMILES string of the molecule is Cc1ccc(C2C(C(N)=O)C(=O)NC(O)(c3ccccc3)C2C#N)cc1. The van der Waals surface area contributed by atoms with Gasteiger partial charge in [0.05, 0.1) is 6.07 Å². The van der Waals surface area contributed by atoms with Gasteiger partial charge in [0.25, 0.3) is 0 Å². The normalized spacial score (nSPS) is 28.0. The van der Waals surface area contributed by atoms with Crippen LogP contribution in [0.2, 0.25) is 0 Å². The highest BCUT2D eigenvalue weighted by Crippen LogP contribution is 2.45. The summed E-state index contributed by atoms with van der Waals surface area (Å²) in [6.45, 7) is 1.91. The molecule has 0 aromatic heterocycles. The lowest BCUT2D eigenvalue weighted by molar-refractivity contribution is -0.153. The fourth-order valence-electron chi connectivity index (χ4n) is 3.56. The van der Waals surface area contributed by atoms with E-state index in [1.54, 1.807) is 42.5 Å². The standard InChI is InChI=1S/C20H19N3O3/c1-12-7-9-13(10-8-12)16-15(11-21)20(26,14-5-3-2-4-6-14)23-19(25)17(16)18(22)24/h2-10,15-17,26H,1H3,(H2,22,24)(H,23,25). The summed E-state index contributed by atoms with van der Waals surface area (Å²) in [6, 6.07) is 17.7. The number of hydrogen-bond acceptors (Lipinski definition) is 4. The second-order valence-corrected chi connectivity index (χ2v) is 6.54. The third-order valence-electron chi connectivity index (χ3n) is 4.89. The molecule has 0 aliphatic carbocycles. The molecule has 0 saturated carbocycles. The predicted octanol–water partition coefficient (Wildman–Crippen LogP) is 1.29. The Morgan fingerprint density at radius 1 is 1.19 bits per heavy atom. The number of nitrogens with two attached hydrogens (primary N) is 1. The van der Waals surface area contributed by atoms with E-state index in [9.17, 15) is 20.0 Å². The molecule has 1 fully saturated rings. The summed E-state index contributed by atoms with van der Waals surface area (Å²) >= 11 is 0. The minimum absolute atomic E-state index is 0.375. The van der Waals surface area contributed by atoms with Crippen molar-refractivity contribution in [2.24, 2.45) is 17.6 Å². The Bertz CT molecular complexity index is 873. The van der Waals surface area contributed by atoms with Crippen molar-refractivity contribution in [1.29, 1.82) is 5.26 Å². The highest BCUT2D eigenvalue weighted by molar-refractivity contribution is 6.01. The number of hydrogen-bond donors (Lipinski definition) is 3. The number of aryl methyl sites for hydroxylation is 1. The Hall–Kier alpha value is -3.17. The van der Waals surface area contributed by atoms with Crippen molar-refractivity contribution in [3.63, 3.8) is 0 Å². The number of piperidine rings is 1. The van der Waals surface area contributed by atoms with Crippen LogP contribution < -0.4 is 11.1 Å². The predicted molar refractivity (Wildman–Crippen MR) is 94.2 cm³/mol. The van der Waals surface area contributed by atoms with E-state index in [1.807, 2.05) is 19.1 Å². The molecule has 4 unspecified atom stereocenters. The van der Waals surface area contributed by atoms with E-state index in [2.05, 4.69) is 11.4 Å².